The van der Waals surface area contributed by atoms with Crippen molar-refractivity contribution in [3.63, 3.8) is 0 Å². The Kier molecular flexibility index (Phi) is 9.35. The Hall–Kier alpha value is -0.860. The van der Waals surface area contributed by atoms with Crippen LogP contribution >= 0.6 is 0 Å². The Bertz CT molecular complexity index is 334. The number of aryl methyl sites for hydroxylation is 1. The summed E-state index contributed by atoms with van der Waals surface area (Å²) < 4.78 is 5.44. The monoisotopic (exact) mass is 277 g/mol. The van der Waals surface area contributed by atoms with Crippen molar-refractivity contribution in [1.29, 1.82) is 0 Å². The van der Waals surface area contributed by atoms with Gasteiger partial charge in [0.05, 0.1) is 0 Å². The van der Waals surface area contributed by atoms with Gasteiger partial charge in [-0.15, -0.1) is 0 Å². The molecule has 1 N–H and O–H groups in total. The standard InChI is InChI=1S/C18H31NO/c1-4-13-19-18(8-7-14-20-6-3)15-17-11-9-16(5-2)10-12-17/h9-12,18-19H,4-8,13-15H2,1-3H3. The van der Waals surface area contributed by atoms with E-state index < -0.39 is 0 Å². The minimum absolute atomic E-state index is 0.572. The highest BCUT2D eigenvalue weighted by Gasteiger charge is 2.08. The van der Waals surface area contributed by atoms with Crippen LogP contribution in [-0.4, -0.2) is 25.8 Å². The molecule has 0 spiro atoms. The van der Waals surface area contributed by atoms with Crippen LogP contribution in [0.1, 0.15) is 51.2 Å². The normalized spacial score (nSPS) is 12.6. The topological polar surface area (TPSA) is 21.3 Å². The molecule has 0 bridgehead atoms. The van der Waals surface area contributed by atoms with Crippen molar-refractivity contribution in [1.82, 2.24) is 5.32 Å². The molecule has 2 nitrogen and oxygen atoms in total. The zero-order chi connectivity index (χ0) is 14.6. The molecule has 0 aliphatic rings. The van der Waals surface area contributed by atoms with Crippen molar-refractivity contribution in [2.75, 3.05) is 19.8 Å². The molecule has 20 heavy (non-hydrogen) atoms. The average molecular weight is 277 g/mol. The van der Waals surface area contributed by atoms with Crippen LogP contribution in [0.25, 0.3) is 0 Å². The van der Waals surface area contributed by atoms with E-state index in [0.29, 0.717) is 6.04 Å². The zero-order valence-electron chi connectivity index (χ0n) is 13.5. The van der Waals surface area contributed by atoms with Crippen molar-refractivity contribution < 1.29 is 4.74 Å². The molecule has 0 heterocycles. The quantitative estimate of drug-likeness (QED) is 0.618. The van der Waals surface area contributed by atoms with Crippen molar-refractivity contribution in [2.24, 2.45) is 0 Å². The second-order valence-corrected chi connectivity index (χ2v) is 5.36. The Morgan fingerprint density at radius 1 is 1.05 bits per heavy atom. The third-order valence-corrected chi connectivity index (χ3v) is 3.64. The molecule has 0 aliphatic heterocycles. The maximum absolute atomic E-state index is 5.44. The first kappa shape index (κ1) is 17.2. The van der Waals surface area contributed by atoms with E-state index in [2.05, 4.69) is 50.4 Å². The minimum atomic E-state index is 0.572. The molecule has 0 fully saturated rings. The van der Waals surface area contributed by atoms with Crippen LogP contribution in [0.2, 0.25) is 0 Å². The Morgan fingerprint density at radius 2 is 1.75 bits per heavy atom. The number of rotatable bonds is 11. The summed E-state index contributed by atoms with van der Waals surface area (Å²) in [6.45, 7) is 9.30. The molecule has 1 aromatic carbocycles. The fourth-order valence-electron chi connectivity index (χ4n) is 2.40. The largest absolute Gasteiger partial charge is 0.382 e. The third-order valence-electron chi connectivity index (χ3n) is 3.64. The SMILES string of the molecule is CCCNC(CCCOCC)Cc1ccc(CC)cc1. The molecule has 1 unspecified atom stereocenters. The molecule has 1 rings (SSSR count). The van der Waals surface area contributed by atoms with Gasteiger partial charge in [-0.2, -0.15) is 0 Å². The molecule has 2 heteroatoms. The van der Waals surface area contributed by atoms with Gasteiger partial charge in [0, 0.05) is 19.3 Å². The molecular formula is C18H31NO. The first-order valence-corrected chi connectivity index (χ1v) is 8.19. The van der Waals surface area contributed by atoms with Crippen LogP contribution in [0.3, 0.4) is 0 Å². The van der Waals surface area contributed by atoms with E-state index in [0.717, 1.165) is 39.0 Å². The summed E-state index contributed by atoms with van der Waals surface area (Å²) in [4.78, 5) is 0. The molecule has 0 radical (unpaired) electrons. The fourth-order valence-corrected chi connectivity index (χ4v) is 2.40. The van der Waals surface area contributed by atoms with Crippen LogP contribution < -0.4 is 5.32 Å². The minimum Gasteiger partial charge on any atom is -0.382 e. The van der Waals surface area contributed by atoms with Gasteiger partial charge in [-0.25, -0.2) is 0 Å². The summed E-state index contributed by atoms with van der Waals surface area (Å²) in [5.41, 5.74) is 2.86. The van der Waals surface area contributed by atoms with Crippen molar-refractivity contribution in [3.8, 4) is 0 Å². The lowest BCUT2D eigenvalue weighted by Gasteiger charge is -2.19. The predicted octanol–water partition coefficient (Wildman–Crippen LogP) is 3.98. The van der Waals surface area contributed by atoms with Crippen molar-refractivity contribution in [3.05, 3.63) is 35.4 Å². The molecule has 0 saturated heterocycles. The van der Waals surface area contributed by atoms with E-state index in [1.807, 2.05) is 0 Å². The van der Waals surface area contributed by atoms with E-state index in [4.69, 9.17) is 4.74 Å². The van der Waals surface area contributed by atoms with Gasteiger partial charge in [0.25, 0.3) is 0 Å². The average Bonchev–Trinajstić information content (AvgIpc) is 2.49. The summed E-state index contributed by atoms with van der Waals surface area (Å²) in [5, 5.41) is 3.67. The van der Waals surface area contributed by atoms with Crippen LogP contribution in [-0.2, 0) is 17.6 Å². The Morgan fingerprint density at radius 3 is 2.35 bits per heavy atom. The highest BCUT2D eigenvalue weighted by atomic mass is 16.5. The molecule has 0 aliphatic carbocycles. The summed E-state index contributed by atoms with van der Waals surface area (Å²) in [5.74, 6) is 0. The first-order chi connectivity index (χ1) is 9.80. The van der Waals surface area contributed by atoms with E-state index in [-0.39, 0.29) is 0 Å². The van der Waals surface area contributed by atoms with Crippen molar-refractivity contribution in [2.45, 2.75) is 58.9 Å². The van der Waals surface area contributed by atoms with Gasteiger partial charge in [0.2, 0.25) is 0 Å². The van der Waals surface area contributed by atoms with E-state index >= 15 is 0 Å². The molecular weight excluding hydrogens is 246 g/mol. The second kappa shape index (κ2) is 10.9. The Labute approximate surface area is 124 Å². The van der Waals surface area contributed by atoms with Crippen molar-refractivity contribution >= 4 is 0 Å². The second-order valence-electron chi connectivity index (χ2n) is 5.36. The molecule has 1 atom stereocenters. The van der Waals surface area contributed by atoms with Gasteiger partial charge in [0.15, 0.2) is 0 Å². The zero-order valence-corrected chi connectivity index (χ0v) is 13.5. The third kappa shape index (κ3) is 7.06. The summed E-state index contributed by atoms with van der Waals surface area (Å²) in [6.07, 6.45) is 5.76. The number of hydrogen-bond acceptors (Lipinski definition) is 2. The number of ether oxygens (including phenoxy) is 1. The molecule has 1 aromatic rings. The summed E-state index contributed by atoms with van der Waals surface area (Å²) >= 11 is 0. The summed E-state index contributed by atoms with van der Waals surface area (Å²) in [7, 11) is 0. The van der Waals surface area contributed by atoms with Gasteiger partial charge < -0.3 is 10.1 Å². The lowest BCUT2D eigenvalue weighted by Crippen LogP contribution is -2.32. The molecule has 0 saturated carbocycles. The highest BCUT2D eigenvalue weighted by molar-refractivity contribution is 5.23. The van der Waals surface area contributed by atoms with Crippen LogP contribution in [0.15, 0.2) is 24.3 Å². The molecule has 0 aromatic heterocycles. The van der Waals surface area contributed by atoms with Gasteiger partial charge in [-0.05, 0) is 56.7 Å². The lowest BCUT2D eigenvalue weighted by atomic mass is 10.00. The predicted molar refractivity (Wildman–Crippen MR) is 87.3 cm³/mol. The number of nitrogens with one attached hydrogen (secondary N) is 1. The maximum atomic E-state index is 5.44. The van der Waals surface area contributed by atoms with Gasteiger partial charge in [-0.3, -0.25) is 0 Å². The van der Waals surface area contributed by atoms with Gasteiger partial charge >= 0.3 is 0 Å². The maximum Gasteiger partial charge on any atom is 0.0466 e. The highest BCUT2D eigenvalue weighted by Crippen LogP contribution is 2.10. The van der Waals surface area contributed by atoms with E-state index in [1.54, 1.807) is 0 Å². The summed E-state index contributed by atoms with van der Waals surface area (Å²) in [6, 6.07) is 9.64. The van der Waals surface area contributed by atoms with Gasteiger partial charge in [-0.1, -0.05) is 38.1 Å². The lowest BCUT2D eigenvalue weighted by molar-refractivity contribution is 0.140. The smallest absolute Gasteiger partial charge is 0.0466 e. The Balaban J connectivity index is 2.44. The molecule has 0 amide bonds. The van der Waals surface area contributed by atoms with Crippen LogP contribution in [0, 0.1) is 0 Å². The number of hydrogen-bond donors (Lipinski definition) is 1. The van der Waals surface area contributed by atoms with Crippen LogP contribution in [0.5, 0.6) is 0 Å². The first-order valence-electron chi connectivity index (χ1n) is 8.19. The number of benzene rings is 1. The van der Waals surface area contributed by atoms with E-state index in [1.165, 1.54) is 24.0 Å². The van der Waals surface area contributed by atoms with E-state index in [9.17, 15) is 0 Å². The van der Waals surface area contributed by atoms with Crippen LogP contribution in [0.4, 0.5) is 0 Å². The molecule has 114 valence electrons. The van der Waals surface area contributed by atoms with Gasteiger partial charge in [0.1, 0.15) is 0 Å². The fraction of sp³-hybridized carbons (Fsp3) is 0.667.